The molecule has 80 valence electrons. The fourth-order valence-corrected chi connectivity index (χ4v) is 2.12. The first-order valence-corrected chi connectivity index (χ1v) is 5.21. The Labute approximate surface area is 88.3 Å². The van der Waals surface area contributed by atoms with Crippen molar-refractivity contribution < 1.29 is 9.18 Å². The van der Waals surface area contributed by atoms with Crippen molar-refractivity contribution in [3.8, 4) is 0 Å². The zero-order chi connectivity index (χ0) is 10.9. The van der Waals surface area contributed by atoms with Crippen LogP contribution in [0.1, 0.15) is 31.2 Å². The van der Waals surface area contributed by atoms with Gasteiger partial charge in [0.25, 0.3) is 0 Å². The van der Waals surface area contributed by atoms with Crippen LogP contribution in [-0.2, 0) is 10.3 Å². The topological polar surface area (TPSA) is 43.1 Å². The number of halogens is 1. The van der Waals surface area contributed by atoms with E-state index >= 15 is 0 Å². The van der Waals surface area contributed by atoms with Crippen LogP contribution in [0.15, 0.2) is 24.3 Å². The van der Waals surface area contributed by atoms with Crippen LogP contribution in [-0.4, -0.2) is 5.78 Å². The number of carbonyl (C=O) groups is 1. The number of ketones is 1. The predicted octanol–water partition coefficient (Wildman–Crippen LogP) is 2.12. The van der Waals surface area contributed by atoms with Crippen molar-refractivity contribution in [1.82, 2.24) is 0 Å². The summed E-state index contributed by atoms with van der Waals surface area (Å²) in [6.07, 6.45) is 2.95. The largest absolute Gasteiger partial charge is 0.315 e. The van der Waals surface area contributed by atoms with Gasteiger partial charge in [-0.05, 0) is 30.5 Å². The van der Waals surface area contributed by atoms with Gasteiger partial charge in [-0.15, -0.1) is 0 Å². The molecule has 1 atom stereocenters. The molecule has 0 heterocycles. The molecule has 1 aliphatic carbocycles. The minimum atomic E-state index is -0.958. The van der Waals surface area contributed by atoms with E-state index in [-0.39, 0.29) is 11.6 Å². The van der Waals surface area contributed by atoms with Gasteiger partial charge in [0.15, 0.2) is 5.78 Å². The third kappa shape index (κ3) is 1.79. The highest BCUT2D eigenvalue weighted by molar-refractivity contribution is 5.90. The third-order valence-electron chi connectivity index (χ3n) is 3.06. The lowest BCUT2D eigenvalue weighted by Crippen LogP contribution is -2.46. The highest BCUT2D eigenvalue weighted by atomic mass is 19.1. The van der Waals surface area contributed by atoms with Gasteiger partial charge in [0.1, 0.15) is 11.4 Å². The van der Waals surface area contributed by atoms with Gasteiger partial charge in [-0.1, -0.05) is 18.6 Å². The van der Waals surface area contributed by atoms with Crippen LogP contribution in [0.5, 0.6) is 0 Å². The van der Waals surface area contributed by atoms with Crippen LogP contribution < -0.4 is 5.73 Å². The molecule has 15 heavy (non-hydrogen) atoms. The van der Waals surface area contributed by atoms with Gasteiger partial charge in [-0.3, -0.25) is 4.79 Å². The first-order chi connectivity index (χ1) is 7.13. The zero-order valence-electron chi connectivity index (χ0n) is 8.50. The summed E-state index contributed by atoms with van der Waals surface area (Å²) in [6.45, 7) is 0. The average molecular weight is 207 g/mol. The van der Waals surface area contributed by atoms with E-state index in [9.17, 15) is 9.18 Å². The van der Waals surface area contributed by atoms with Crippen molar-refractivity contribution in [2.24, 2.45) is 5.73 Å². The van der Waals surface area contributed by atoms with Crippen molar-refractivity contribution >= 4 is 5.78 Å². The van der Waals surface area contributed by atoms with Crippen LogP contribution in [0.4, 0.5) is 4.39 Å². The van der Waals surface area contributed by atoms with Gasteiger partial charge in [0.2, 0.25) is 0 Å². The minimum absolute atomic E-state index is 0.0272. The first-order valence-electron chi connectivity index (χ1n) is 5.21. The lowest BCUT2D eigenvalue weighted by atomic mass is 9.76. The van der Waals surface area contributed by atoms with Crippen LogP contribution in [0.25, 0.3) is 0 Å². The summed E-state index contributed by atoms with van der Waals surface area (Å²) in [5.74, 6) is -0.310. The molecule has 3 heteroatoms. The number of hydrogen-bond donors (Lipinski definition) is 1. The third-order valence-corrected chi connectivity index (χ3v) is 3.06. The van der Waals surface area contributed by atoms with Crippen molar-refractivity contribution in [2.45, 2.75) is 31.2 Å². The SMILES string of the molecule is N[C@]1(c2cccc(F)c2)CCCCC1=O. The Kier molecular flexibility index (Phi) is 2.57. The van der Waals surface area contributed by atoms with Crippen LogP contribution in [0.3, 0.4) is 0 Å². The molecule has 0 saturated heterocycles. The highest BCUT2D eigenvalue weighted by Gasteiger charge is 2.37. The molecule has 1 aromatic rings. The van der Waals surface area contributed by atoms with E-state index in [0.29, 0.717) is 18.4 Å². The van der Waals surface area contributed by atoms with Gasteiger partial charge < -0.3 is 5.73 Å². The van der Waals surface area contributed by atoms with E-state index in [1.165, 1.54) is 12.1 Å². The summed E-state index contributed by atoms with van der Waals surface area (Å²) in [7, 11) is 0. The molecule has 2 nitrogen and oxygen atoms in total. The van der Waals surface area contributed by atoms with Crippen molar-refractivity contribution in [3.05, 3.63) is 35.6 Å². The number of rotatable bonds is 1. The maximum Gasteiger partial charge on any atom is 0.157 e. The average Bonchev–Trinajstić information content (AvgIpc) is 2.23. The van der Waals surface area contributed by atoms with Crippen molar-refractivity contribution in [3.63, 3.8) is 0 Å². The second-order valence-electron chi connectivity index (χ2n) is 4.11. The predicted molar refractivity (Wildman–Crippen MR) is 55.7 cm³/mol. The highest BCUT2D eigenvalue weighted by Crippen LogP contribution is 2.32. The number of Topliss-reactive ketones (excluding diaryl/α,β-unsaturated/α-hetero) is 1. The maximum absolute atomic E-state index is 13.1. The van der Waals surface area contributed by atoms with E-state index in [4.69, 9.17) is 5.73 Å². The smallest absolute Gasteiger partial charge is 0.157 e. The summed E-state index contributed by atoms with van der Waals surface area (Å²) in [4.78, 5) is 11.8. The van der Waals surface area contributed by atoms with Crippen molar-refractivity contribution in [1.29, 1.82) is 0 Å². The molecule has 1 aromatic carbocycles. The fraction of sp³-hybridized carbons (Fsp3) is 0.417. The van der Waals surface area contributed by atoms with Gasteiger partial charge in [0.05, 0.1) is 0 Å². The minimum Gasteiger partial charge on any atom is -0.315 e. The molecule has 0 aliphatic heterocycles. The summed E-state index contributed by atoms with van der Waals surface area (Å²) in [5, 5.41) is 0. The summed E-state index contributed by atoms with van der Waals surface area (Å²) >= 11 is 0. The molecular formula is C12H14FNO. The second-order valence-corrected chi connectivity index (χ2v) is 4.11. The van der Waals surface area contributed by atoms with Crippen LogP contribution in [0.2, 0.25) is 0 Å². The standard InChI is InChI=1S/C12H14FNO/c13-10-5-3-4-9(8-10)12(14)7-2-1-6-11(12)15/h3-5,8H,1-2,6-7,14H2/t12-/m0/s1. The molecule has 1 aliphatic rings. The van der Waals surface area contributed by atoms with E-state index in [2.05, 4.69) is 0 Å². The Morgan fingerprint density at radius 2 is 2.13 bits per heavy atom. The van der Waals surface area contributed by atoms with Crippen molar-refractivity contribution in [2.75, 3.05) is 0 Å². The number of carbonyl (C=O) groups excluding carboxylic acids is 1. The second kappa shape index (κ2) is 3.74. The number of benzene rings is 1. The number of nitrogens with two attached hydrogens (primary N) is 1. The Morgan fingerprint density at radius 1 is 1.33 bits per heavy atom. The van der Waals surface area contributed by atoms with E-state index in [1.807, 2.05) is 0 Å². The molecule has 0 amide bonds. The molecule has 2 N–H and O–H groups in total. The Bertz CT molecular complexity index is 391. The summed E-state index contributed by atoms with van der Waals surface area (Å²) < 4.78 is 13.1. The molecule has 0 spiro atoms. The van der Waals surface area contributed by atoms with Gasteiger partial charge in [-0.25, -0.2) is 4.39 Å². The quantitative estimate of drug-likeness (QED) is 0.766. The molecular weight excluding hydrogens is 193 g/mol. The lowest BCUT2D eigenvalue weighted by Gasteiger charge is -2.32. The molecule has 0 aromatic heterocycles. The van der Waals surface area contributed by atoms with Gasteiger partial charge in [0, 0.05) is 6.42 Å². The van der Waals surface area contributed by atoms with E-state index < -0.39 is 5.54 Å². The zero-order valence-corrected chi connectivity index (χ0v) is 8.50. The monoisotopic (exact) mass is 207 g/mol. The molecule has 1 saturated carbocycles. The summed E-state index contributed by atoms with van der Waals surface area (Å²) in [6, 6.07) is 6.05. The Morgan fingerprint density at radius 3 is 2.80 bits per heavy atom. The Hall–Kier alpha value is -1.22. The molecule has 0 radical (unpaired) electrons. The molecule has 2 rings (SSSR count). The number of hydrogen-bond acceptors (Lipinski definition) is 2. The molecule has 1 fully saturated rings. The fourth-order valence-electron chi connectivity index (χ4n) is 2.12. The first kappa shape index (κ1) is 10.3. The van der Waals surface area contributed by atoms with Crippen LogP contribution in [0, 0.1) is 5.82 Å². The maximum atomic E-state index is 13.1. The van der Waals surface area contributed by atoms with Gasteiger partial charge in [-0.2, -0.15) is 0 Å². The van der Waals surface area contributed by atoms with E-state index in [1.54, 1.807) is 12.1 Å². The normalized spacial score (nSPS) is 26.7. The molecule has 0 unspecified atom stereocenters. The lowest BCUT2D eigenvalue weighted by molar-refractivity contribution is -0.126. The summed E-state index contributed by atoms with van der Waals surface area (Å²) in [5.41, 5.74) is 5.72. The van der Waals surface area contributed by atoms with Crippen LogP contribution >= 0.6 is 0 Å². The molecule has 0 bridgehead atoms. The Balaban J connectivity index is 2.39. The van der Waals surface area contributed by atoms with Gasteiger partial charge >= 0.3 is 0 Å². The van der Waals surface area contributed by atoms with E-state index in [0.717, 1.165) is 12.8 Å².